The number of aliphatic carboxylic acids is 1. The summed E-state index contributed by atoms with van der Waals surface area (Å²) in [5.74, 6) is -0.586. The van der Waals surface area contributed by atoms with Crippen LogP contribution in [0.1, 0.15) is 30.4 Å². The van der Waals surface area contributed by atoms with Crippen molar-refractivity contribution in [1.29, 1.82) is 0 Å². The van der Waals surface area contributed by atoms with Crippen molar-refractivity contribution in [2.24, 2.45) is 10.2 Å². The quantitative estimate of drug-likeness (QED) is 0.809. The van der Waals surface area contributed by atoms with Crippen molar-refractivity contribution in [1.82, 2.24) is 5.32 Å². The van der Waals surface area contributed by atoms with Gasteiger partial charge in [-0.05, 0) is 37.0 Å². The van der Waals surface area contributed by atoms with E-state index in [2.05, 4.69) is 15.5 Å². The molecule has 1 heterocycles. The molecule has 2 N–H and O–H groups in total. The molecule has 1 fully saturated rings. The summed E-state index contributed by atoms with van der Waals surface area (Å²) in [6.45, 7) is 0. The van der Waals surface area contributed by atoms with E-state index in [1.165, 1.54) is 5.56 Å². The van der Waals surface area contributed by atoms with Gasteiger partial charge >= 0.3 is 5.97 Å². The van der Waals surface area contributed by atoms with Gasteiger partial charge in [-0.15, -0.1) is 5.10 Å². The van der Waals surface area contributed by atoms with E-state index in [9.17, 15) is 9.59 Å². The van der Waals surface area contributed by atoms with E-state index in [0.29, 0.717) is 5.17 Å². The molecule has 0 aromatic heterocycles. The monoisotopic (exact) mass is 347 g/mol. The highest BCUT2D eigenvalue weighted by molar-refractivity contribution is 8.15. The number of hydrogen-bond donors (Lipinski definition) is 2. The molecule has 0 spiro atoms. The third kappa shape index (κ3) is 3.59. The van der Waals surface area contributed by atoms with Crippen LogP contribution in [0.4, 0.5) is 0 Å². The van der Waals surface area contributed by atoms with Gasteiger partial charge in [0.05, 0.1) is 19.2 Å². The highest BCUT2D eigenvalue weighted by atomic mass is 32.2. The predicted octanol–water partition coefficient (Wildman–Crippen LogP) is 1.80. The number of carbonyl (C=O) groups is 2. The first-order valence-corrected chi connectivity index (χ1v) is 8.46. The average molecular weight is 347 g/mol. The first-order chi connectivity index (χ1) is 11.6. The van der Waals surface area contributed by atoms with Gasteiger partial charge in [-0.2, -0.15) is 5.10 Å². The van der Waals surface area contributed by atoms with Crippen molar-refractivity contribution < 1.29 is 19.4 Å². The zero-order valence-corrected chi connectivity index (χ0v) is 13.9. The molecule has 1 aliphatic carbocycles. The molecule has 1 aromatic carbocycles. The number of carboxylic acid groups (broad SMARTS) is 1. The molecule has 3 rings (SSSR count). The molecule has 1 aliphatic heterocycles. The molecule has 0 saturated carbocycles. The Morgan fingerprint density at radius 1 is 1.42 bits per heavy atom. The number of carbonyl (C=O) groups excluding carboxylic acids is 1. The second-order valence-corrected chi connectivity index (χ2v) is 6.71. The highest BCUT2D eigenvalue weighted by Crippen LogP contribution is 2.27. The van der Waals surface area contributed by atoms with Crippen LogP contribution in [0, 0.1) is 0 Å². The van der Waals surface area contributed by atoms with E-state index in [0.717, 1.165) is 48.0 Å². The number of fused-ring (bicyclic) bond motifs is 1. The number of nitrogens with one attached hydrogen (secondary N) is 1. The Balaban J connectivity index is 1.81. The number of ether oxygens (including phenoxy) is 1. The van der Waals surface area contributed by atoms with Crippen molar-refractivity contribution >= 4 is 34.5 Å². The van der Waals surface area contributed by atoms with Crippen LogP contribution in [0.2, 0.25) is 0 Å². The maximum atomic E-state index is 11.7. The standard InChI is InChI=1S/C16H17N3O4S/c1-23-10-6-5-9-3-2-4-12(11(9)7-10)18-19-16-17-15(22)13(24-16)8-14(20)21/h5-7,13H,2-4,8H2,1H3,(H,20,21)(H,17,19,22)/b18-12-. The van der Waals surface area contributed by atoms with E-state index in [4.69, 9.17) is 9.84 Å². The number of carboxylic acids is 1. The van der Waals surface area contributed by atoms with Crippen LogP contribution in [-0.2, 0) is 16.0 Å². The van der Waals surface area contributed by atoms with Gasteiger partial charge in [0.1, 0.15) is 11.0 Å². The molecule has 2 aliphatic rings. The molecule has 24 heavy (non-hydrogen) atoms. The summed E-state index contributed by atoms with van der Waals surface area (Å²) in [5, 5.41) is 19.5. The van der Waals surface area contributed by atoms with Crippen molar-refractivity contribution in [3.8, 4) is 5.75 Å². The van der Waals surface area contributed by atoms with Gasteiger partial charge < -0.3 is 15.2 Å². The molecule has 7 nitrogen and oxygen atoms in total. The minimum absolute atomic E-state index is 0.230. The third-order valence-electron chi connectivity index (χ3n) is 3.89. The fourth-order valence-corrected chi connectivity index (χ4v) is 3.61. The van der Waals surface area contributed by atoms with Gasteiger partial charge in [0, 0.05) is 5.56 Å². The Labute approximate surface area is 143 Å². The molecule has 1 atom stereocenters. The van der Waals surface area contributed by atoms with Gasteiger partial charge in [0.15, 0.2) is 5.17 Å². The first-order valence-electron chi connectivity index (χ1n) is 7.58. The number of methoxy groups -OCH3 is 1. The molecule has 1 saturated heterocycles. The Morgan fingerprint density at radius 3 is 3.00 bits per heavy atom. The summed E-state index contributed by atoms with van der Waals surface area (Å²) >= 11 is 1.10. The number of thioether (sulfide) groups is 1. The van der Waals surface area contributed by atoms with Crippen molar-refractivity contribution in [3.63, 3.8) is 0 Å². The van der Waals surface area contributed by atoms with Crippen LogP contribution in [-0.4, -0.2) is 40.2 Å². The summed E-state index contributed by atoms with van der Waals surface area (Å²) in [6, 6.07) is 5.91. The molecular weight excluding hydrogens is 330 g/mol. The normalized spacial score (nSPS) is 23.2. The second kappa shape index (κ2) is 7.04. The summed E-state index contributed by atoms with van der Waals surface area (Å²) < 4.78 is 5.26. The molecule has 126 valence electrons. The number of amides is 1. The number of hydrogen-bond acceptors (Lipinski definition) is 6. The fraction of sp³-hybridized carbons (Fsp3) is 0.375. The van der Waals surface area contributed by atoms with Gasteiger partial charge in [-0.1, -0.05) is 17.8 Å². The summed E-state index contributed by atoms with van der Waals surface area (Å²) in [6.07, 6.45) is 2.55. The number of amidine groups is 1. The average Bonchev–Trinajstić information content (AvgIpc) is 2.91. The fourth-order valence-electron chi connectivity index (χ4n) is 2.70. The summed E-state index contributed by atoms with van der Waals surface area (Å²) in [5.41, 5.74) is 3.06. The zero-order chi connectivity index (χ0) is 17.1. The van der Waals surface area contributed by atoms with Crippen LogP contribution in [0.25, 0.3) is 0 Å². The van der Waals surface area contributed by atoms with Crippen molar-refractivity contribution in [3.05, 3.63) is 29.3 Å². The van der Waals surface area contributed by atoms with Crippen LogP contribution < -0.4 is 10.1 Å². The van der Waals surface area contributed by atoms with Gasteiger partial charge in [-0.3, -0.25) is 9.59 Å². The van der Waals surface area contributed by atoms with E-state index in [-0.39, 0.29) is 12.3 Å². The van der Waals surface area contributed by atoms with E-state index in [1.54, 1.807) is 7.11 Å². The Bertz CT molecular complexity index is 745. The number of benzene rings is 1. The minimum Gasteiger partial charge on any atom is -0.497 e. The summed E-state index contributed by atoms with van der Waals surface area (Å²) in [7, 11) is 1.62. The van der Waals surface area contributed by atoms with Crippen molar-refractivity contribution in [2.75, 3.05) is 7.11 Å². The summed E-state index contributed by atoms with van der Waals surface area (Å²) in [4.78, 5) is 22.4. The lowest BCUT2D eigenvalue weighted by atomic mass is 9.90. The van der Waals surface area contributed by atoms with Gasteiger partial charge in [0.25, 0.3) is 0 Å². The molecule has 1 unspecified atom stereocenters. The SMILES string of the molecule is COc1ccc2c(c1)/C(=N\N=C1\NC(=O)C(CC(=O)O)S1)CCC2. The van der Waals surface area contributed by atoms with Crippen LogP contribution >= 0.6 is 11.8 Å². The van der Waals surface area contributed by atoms with Gasteiger partial charge in [0.2, 0.25) is 5.91 Å². The lowest BCUT2D eigenvalue weighted by Crippen LogP contribution is -2.26. The predicted molar refractivity (Wildman–Crippen MR) is 91.7 cm³/mol. The van der Waals surface area contributed by atoms with Crippen LogP contribution in [0.3, 0.4) is 0 Å². The number of nitrogens with zero attached hydrogens (tertiary/aromatic N) is 2. The highest BCUT2D eigenvalue weighted by Gasteiger charge is 2.32. The third-order valence-corrected chi connectivity index (χ3v) is 4.96. The maximum Gasteiger partial charge on any atom is 0.305 e. The van der Waals surface area contributed by atoms with Gasteiger partial charge in [-0.25, -0.2) is 0 Å². The Morgan fingerprint density at radius 2 is 2.25 bits per heavy atom. The van der Waals surface area contributed by atoms with E-state index < -0.39 is 11.2 Å². The second-order valence-electron chi connectivity index (χ2n) is 5.52. The molecule has 0 radical (unpaired) electrons. The lowest BCUT2D eigenvalue weighted by molar-refractivity contribution is -0.138. The molecule has 1 aromatic rings. The van der Waals surface area contributed by atoms with Crippen LogP contribution in [0.5, 0.6) is 5.75 Å². The van der Waals surface area contributed by atoms with E-state index in [1.807, 2.05) is 18.2 Å². The largest absolute Gasteiger partial charge is 0.497 e. The number of rotatable bonds is 4. The molecule has 1 amide bonds. The number of aryl methyl sites for hydroxylation is 1. The maximum absolute atomic E-state index is 11.7. The Hall–Kier alpha value is -2.35. The minimum atomic E-state index is -1.01. The molecule has 0 bridgehead atoms. The Kier molecular flexibility index (Phi) is 4.84. The van der Waals surface area contributed by atoms with E-state index >= 15 is 0 Å². The van der Waals surface area contributed by atoms with Crippen LogP contribution in [0.15, 0.2) is 28.4 Å². The molecular formula is C16H17N3O4S. The topological polar surface area (TPSA) is 100 Å². The lowest BCUT2D eigenvalue weighted by Gasteiger charge is -2.17. The smallest absolute Gasteiger partial charge is 0.305 e. The molecule has 8 heteroatoms. The first kappa shape index (κ1) is 16.5. The van der Waals surface area contributed by atoms with Crippen molar-refractivity contribution in [2.45, 2.75) is 30.9 Å². The zero-order valence-electron chi connectivity index (χ0n) is 13.1.